The van der Waals surface area contributed by atoms with E-state index >= 15 is 0 Å². The Morgan fingerprint density at radius 1 is 0.964 bits per heavy atom. The molecule has 1 aliphatic carbocycles. The second kappa shape index (κ2) is 8.06. The van der Waals surface area contributed by atoms with Crippen molar-refractivity contribution in [3.8, 4) is 0 Å². The van der Waals surface area contributed by atoms with Crippen molar-refractivity contribution in [2.24, 2.45) is 28.0 Å². The average molecular weight is 394 g/mol. The minimum absolute atomic E-state index is 0.0839. The molecule has 28 heavy (non-hydrogen) atoms. The molecule has 0 aromatic heterocycles. The average Bonchev–Trinajstić information content (AvgIpc) is 2.73. The van der Waals surface area contributed by atoms with Gasteiger partial charge in [-0.25, -0.2) is 5.01 Å². The number of hydrogen-bond acceptors (Lipinski definition) is 4. The number of hydrogen-bond donors (Lipinski definition) is 2. The van der Waals surface area contributed by atoms with E-state index in [1.807, 2.05) is 36.4 Å². The summed E-state index contributed by atoms with van der Waals surface area (Å²) < 4.78 is 0. The Kier molecular flexibility index (Phi) is 5.34. The molecule has 4 atom stereocenters. The van der Waals surface area contributed by atoms with Crippen molar-refractivity contribution in [2.75, 3.05) is 0 Å². The van der Waals surface area contributed by atoms with Gasteiger partial charge in [0.15, 0.2) is 5.11 Å². The summed E-state index contributed by atoms with van der Waals surface area (Å²) in [5.74, 6) is 0.168. The Balaban J connectivity index is 1.86. The third-order valence-electron chi connectivity index (χ3n) is 5.79. The van der Waals surface area contributed by atoms with Gasteiger partial charge in [0.2, 0.25) is 0 Å². The summed E-state index contributed by atoms with van der Waals surface area (Å²) in [4.78, 5) is 12.1. The molecule has 0 amide bonds. The fourth-order valence-corrected chi connectivity index (χ4v) is 4.81. The lowest BCUT2D eigenvalue weighted by molar-refractivity contribution is 0.0411. The maximum Gasteiger partial charge on any atom is 0.184 e. The summed E-state index contributed by atoms with van der Waals surface area (Å²) in [6.07, 6.45) is 2.98. The second-order valence-electron chi connectivity index (χ2n) is 7.33. The van der Waals surface area contributed by atoms with E-state index in [9.17, 15) is 4.91 Å². The van der Waals surface area contributed by atoms with E-state index in [1.54, 1.807) is 5.01 Å². The number of rotatable bonds is 4. The number of nitroso groups, excluding NO2 is 1. The van der Waals surface area contributed by atoms with Crippen LogP contribution in [-0.2, 0) is 0 Å². The van der Waals surface area contributed by atoms with Crippen LogP contribution < -0.4 is 11.2 Å². The molecule has 6 nitrogen and oxygen atoms in total. The molecule has 1 heterocycles. The van der Waals surface area contributed by atoms with Crippen molar-refractivity contribution >= 4 is 23.0 Å². The molecule has 144 valence electrons. The van der Waals surface area contributed by atoms with Gasteiger partial charge in [0, 0.05) is 17.5 Å². The highest BCUT2D eigenvalue weighted by Gasteiger charge is 2.50. The van der Waals surface area contributed by atoms with E-state index in [0.717, 1.165) is 36.1 Å². The molecule has 4 rings (SSSR count). The van der Waals surface area contributed by atoms with Gasteiger partial charge in [-0.15, -0.1) is 4.91 Å². The summed E-state index contributed by atoms with van der Waals surface area (Å²) in [5, 5.41) is 10.0. The summed E-state index contributed by atoms with van der Waals surface area (Å²) in [6, 6.07) is 19.8. The van der Waals surface area contributed by atoms with Gasteiger partial charge in [0.1, 0.15) is 0 Å². The molecule has 2 bridgehead atoms. The molecule has 7 heteroatoms. The lowest BCUT2D eigenvalue weighted by Gasteiger charge is -2.50. The first-order valence-corrected chi connectivity index (χ1v) is 9.96. The number of nitrogens with zero attached hydrogens (tertiary/aromatic N) is 3. The lowest BCUT2D eigenvalue weighted by atomic mass is 9.66. The first-order chi connectivity index (χ1) is 13.7. The van der Waals surface area contributed by atoms with Gasteiger partial charge < -0.3 is 5.73 Å². The highest BCUT2D eigenvalue weighted by molar-refractivity contribution is 7.80. The highest BCUT2D eigenvalue weighted by atomic mass is 32.1. The number of piperidine rings is 1. The molecule has 2 aromatic carbocycles. The van der Waals surface area contributed by atoms with Gasteiger partial charge in [-0.3, -0.25) is 5.43 Å². The lowest BCUT2D eigenvalue weighted by Crippen LogP contribution is -2.51. The summed E-state index contributed by atoms with van der Waals surface area (Å²) in [6.45, 7) is 0. The van der Waals surface area contributed by atoms with Crippen LogP contribution in [0.4, 0.5) is 0 Å². The fourth-order valence-electron chi connectivity index (χ4n) is 4.77. The van der Waals surface area contributed by atoms with Gasteiger partial charge in [0.25, 0.3) is 0 Å². The smallest absolute Gasteiger partial charge is 0.184 e. The van der Waals surface area contributed by atoms with E-state index in [2.05, 4.69) is 40.1 Å². The summed E-state index contributed by atoms with van der Waals surface area (Å²) in [7, 11) is 0. The monoisotopic (exact) mass is 393 g/mol. The van der Waals surface area contributed by atoms with Crippen LogP contribution in [0.15, 0.2) is 71.1 Å². The van der Waals surface area contributed by atoms with Crippen molar-refractivity contribution in [3.05, 3.63) is 76.7 Å². The molecule has 2 fully saturated rings. The maximum atomic E-state index is 12.1. The largest absolute Gasteiger partial charge is 0.375 e. The van der Waals surface area contributed by atoms with Gasteiger partial charge in [-0.2, -0.15) is 5.10 Å². The van der Waals surface area contributed by atoms with Crippen molar-refractivity contribution < 1.29 is 0 Å². The number of nitrogens with two attached hydrogens (primary N) is 1. The molecule has 1 saturated carbocycles. The predicted molar refractivity (Wildman–Crippen MR) is 114 cm³/mol. The van der Waals surface area contributed by atoms with Crippen LogP contribution in [-0.4, -0.2) is 15.8 Å². The Morgan fingerprint density at radius 3 is 1.89 bits per heavy atom. The summed E-state index contributed by atoms with van der Waals surface area (Å²) in [5.41, 5.74) is 11.6. The SMILES string of the molecule is NC(=S)NN=C1C2CCCC1C(c1ccccc1)N(N=O)C2c1ccccc1. The molecule has 2 aromatic rings. The molecule has 3 N–H and O–H groups in total. The van der Waals surface area contributed by atoms with Crippen LogP contribution in [0, 0.1) is 16.7 Å². The van der Waals surface area contributed by atoms with E-state index < -0.39 is 0 Å². The number of nitrogens with one attached hydrogen (secondary N) is 1. The van der Waals surface area contributed by atoms with Crippen molar-refractivity contribution in [1.29, 1.82) is 0 Å². The van der Waals surface area contributed by atoms with Crippen LogP contribution in [0.2, 0.25) is 0 Å². The van der Waals surface area contributed by atoms with Gasteiger partial charge in [-0.05, 0) is 36.2 Å². The molecular formula is C21H23N5OS. The topological polar surface area (TPSA) is 83.1 Å². The Hall–Kier alpha value is -2.80. The minimum atomic E-state index is -0.174. The van der Waals surface area contributed by atoms with E-state index in [0.29, 0.717) is 0 Å². The zero-order valence-corrected chi connectivity index (χ0v) is 16.3. The molecule has 0 radical (unpaired) electrons. The van der Waals surface area contributed by atoms with Gasteiger partial charge in [0.05, 0.1) is 17.4 Å². The minimum Gasteiger partial charge on any atom is -0.375 e. The van der Waals surface area contributed by atoms with E-state index in [-0.39, 0.29) is 29.0 Å². The zero-order chi connectivity index (χ0) is 19.5. The molecule has 2 aliphatic rings. The van der Waals surface area contributed by atoms with Gasteiger partial charge in [-0.1, -0.05) is 67.1 Å². The van der Waals surface area contributed by atoms with Crippen molar-refractivity contribution in [2.45, 2.75) is 31.3 Å². The van der Waals surface area contributed by atoms with Gasteiger partial charge >= 0.3 is 0 Å². The zero-order valence-electron chi connectivity index (χ0n) is 15.4. The normalized spacial score (nSPS) is 26.4. The second-order valence-corrected chi connectivity index (χ2v) is 7.77. The van der Waals surface area contributed by atoms with Crippen molar-refractivity contribution in [3.63, 3.8) is 0 Å². The van der Waals surface area contributed by atoms with Crippen molar-refractivity contribution in [1.82, 2.24) is 10.4 Å². The standard InChI is InChI=1S/C21H23N5OS/c22-21(28)24-23-18-16-12-7-13-17(18)20(15-10-5-2-6-11-15)26(25-27)19(16)14-8-3-1-4-9-14/h1-6,8-11,16-17,19-20H,7,12-13H2,(H3,22,24,28). The molecular weight excluding hydrogens is 370 g/mol. The number of hydrazone groups is 1. The van der Waals surface area contributed by atoms with Crippen LogP contribution >= 0.6 is 12.2 Å². The highest BCUT2D eigenvalue weighted by Crippen LogP contribution is 2.52. The molecule has 1 aliphatic heterocycles. The fraction of sp³-hybridized carbons (Fsp3) is 0.333. The number of thiocarbonyl (C=S) groups is 1. The Bertz CT molecular complexity index is 815. The van der Waals surface area contributed by atoms with Crippen LogP contribution in [0.5, 0.6) is 0 Å². The number of benzene rings is 2. The summed E-state index contributed by atoms with van der Waals surface area (Å²) >= 11 is 4.97. The van der Waals surface area contributed by atoms with Crippen LogP contribution in [0.1, 0.15) is 42.5 Å². The molecule has 0 spiro atoms. The Morgan fingerprint density at radius 2 is 1.46 bits per heavy atom. The van der Waals surface area contributed by atoms with Crippen LogP contribution in [0.25, 0.3) is 0 Å². The Labute approximate surface area is 169 Å². The number of fused-ring (bicyclic) bond motifs is 2. The van der Waals surface area contributed by atoms with E-state index in [4.69, 9.17) is 18.0 Å². The molecule has 1 saturated heterocycles. The first kappa shape index (κ1) is 18.6. The quantitative estimate of drug-likeness (QED) is 0.465. The first-order valence-electron chi connectivity index (χ1n) is 9.55. The van der Waals surface area contributed by atoms with Crippen LogP contribution in [0.3, 0.4) is 0 Å². The third-order valence-corrected chi connectivity index (χ3v) is 5.89. The maximum absolute atomic E-state index is 12.1. The van der Waals surface area contributed by atoms with E-state index in [1.165, 1.54) is 0 Å². The predicted octanol–water partition coefficient (Wildman–Crippen LogP) is 4.07. The molecule has 4 unspecified atom stereocenters. The third kappa shape index (κ3) is 3.38.